The number of ether oxygens (including phenoxy) is 4. The van der Waals surface area contributed by atoms with Gasteiger partial charge < -0.3 is 39.8 Å². The first-order valence-corrected chi connectivity index (χ1v) is 12.4. The summed E-state index contributed by atoms with van der Waals surface area (Å²) in [6.45, 7) is 7.01. The Hall–Kier alpha value is 0.520. The molecule has 9 atom stereocenters. The Morgan fingerprint density at radius 3 is 2.33 bits per heavy atom. The van der Waals surface area contributed by atoms with E-state index in [0.29, 0.717) is 0 Å². The van der Waals surface area contributed by atoms with Gasteiger partial charge in [-0.3, -0.25) is 4.52 Å². The molecule has 7 N–H and O–H groups in total. The summed E-state index contributed by atoms with van der Waals surface area (Å²) in [5.74, 6) is 0. The Labute approximate surface area is 190 Å². The monoisotopic (exact) mass is 569 g/mol. The third kappa shape index (κ3) is 7.27. The molecular formula is C16H33IN3O9P. The van der Waals surface area contributed by atoms with Crippen molar-refractivity contribution >= 4 is 30.6 Å². The maximum absolute atomic E-state index is 12.6. The van der Waals surface area contributed by atoms with Crippen LogP contribution in [-0.4, -0.2) is 89.5 Å². The zero-order chi connectivity index (χ0) is 22.6. The average Bonchev–Trinajstić information content (AvgIpc) is 3.09. The number of hydrogen-bond donors (Lipinski definition) is 6. The lowest BCUT2D eigenvalue weighted by Gasteiger charge is -2.26. The fraction of sp³-hybridized carbons (Fsp3) is 1.00. The van der Waals surface area contributed by atoms with Crippen molar-refractivity contribution in [3.05, 3.63) is 0 Å². The van der Waals surface area contributed by atoms with Crippen molar-refractivity contribution in [2.45, 2.75) is 88.9 Å². The summed E-state index contributed by atoms with van der Waals surface area (Å²) >= 11 is 1.83. The van der Waals surface area contributed by atoms with E-state index in [2.05, 4.69) is 8.62 Å². The minimum absolute atomic E-state index is 0.0803. The van der Waals surface area contributed by atoms with E-state index in [4.69, 9.17) is 29.2 Å². The summed E-state index contributed by atoms with van der Waals surface area (Å²) < 4.78 is 42.8. The Morgan fingerprint density at radius 1 is 1.10 bits per heavy atom. The van der Waals surface area contributed by atoms with Crippen LogP contribution < -0.4 is 14.4 Å². The number of aliphatic hydroxyl groups excluding tert-OH is 2. The van der Waals surface area contributed by atoms with Gasteiger partial charge in [-0.05, 0) is 27.7 Å². The molecule has 2 heterocycles. The second-order valence-electron chi connectivity index (χ2n) is 7.83. The molecule has 30 heavy (non-hydrogen) atoms. The Bertz CT molecular complexity index is 590. The van der Waals surface area contributed by atoms with E-state index in [-0.39, 0.29) is 25.4 Å². The van der Waals surface area contributed by atoms with Gasteiger partial charge in [0.15, 0.2) is 0 Å². The molecular weight excluding hydrogens is 536 g/mol. The van der Waals surface area contributed by atoms with Crippen LogP contribution in [0.1, 0.15) is 27.7 Å². The highest BCUT2D eigenvalue weighted by atomic mass is 127. The number of hydrogen-bond acceptors (Lipinski definition) is 10. The van der Waals surface area contributed by atoms with Crippen LogP contribution in [0, 0.1) is 0 Å². The summed E-state index contributed by atoms with van der Waals surface area (Å²) in [5, 5.41) is 23.0. The molecule has 0 aromatic carbocycles. The second-order valence-corrected chi connectivity index (χ2v) is 10.0. The largest absolute Gasteiger partial charge is 0.403 e. The van der Waals surface area contributed by atoms with Gasteiger partial charge in [0.05, 0.1) is 31.5 Å². The standard InChI is InChI=1S/C16H33IN3O9P/c1-7(2)25-5-9-11(12(21)16(19-17)29-9)20-30(23,24)26-6-10-14(27-8(3)4)13(22)15(18)28-10/h7-16,19,21-22H,5-6,18H2,1-4H3,(H2,20,23,24)/t9-,10-,11?,12?,13?,14?,15-,16-/m1/s1. The van der Waals surface area contributed by atoms with Crippen molar-refractivity contribution in [2.75, 3.05) is 13.2 Å². The summed E-state index contributed by atoms with van der Waals surface area (Å²) in [6, 6.07) is -0.924. The summed E-state index contributed by atoms with van der Waals surface area (Å²) in [6.07, 6.45) is -6.59. The molecule has 0 saturated carbocycles. The van der Waals surface area contributed by atoms with Crippen LogP contribution >= 0.6 is 30.6 Å². The molecule has 12 nitrogen and oxygen atoms in total. The Kier molecular flexibility index (Phi) is 10.3. The summed E-state index contributed by atoms with van der Waals surface area (Å²) in [5.41, 5.74) is 5.70. The lowest BCUT2D eigenvalue weighted by molar-refractivity contribution is -0.0760. The van der Waals surface area contributed by atoms with E-state index in [1.54, 1.807) is 13.8 Å². The van der Waals surface area contributed by atoms with Gasteiger partial charge >= 0.3 is 7.75 Å². The van der Waals surface area contributed by atoms with E-state index in [0.717, 1.165) is 0 Å². The predicted molar refractivity (Wildman–Crippen MR) is 114 cm³/mol. The number of nitrogens with one attached hydrogen (secondary N) is 2. The van der Waals surface area contributed by atoms with Crippen molar-refractivity contribution in [1.29, 1.82) is 0 Å². The molecule has 178 valence electrons. The lowest BCUT2D eigenvalue weighted by atomic mass is 10.1. The highest BCUT2D eigenvalue weighted by molar-refractivity contribution is 14.1. The maximum atomic E-state index is 12.6. The first-order valence-electron chi connectivity index (χ1n) is 9.76. The normalized spacial score (nSPS) is 39.2. The van der Waals surface area contributed by atoms with Crippen molar-refractivity contribution in [3.8, 4) is 0 Å². The molecule has 2 fully saturated rings. The smallest absolute Gasteiger partial charge is 0.387 e. The maximum Gasteiger partial charge on any atom is 0.403 e. The minimum Gasteiger partial charge on any atom is -0.387 e. The van der Waals surface area contributed by atoms with E-state index in [9.17, 15) is 19.7 Å². The molecule has 0 aromatic heterocycles. The van der Waals surface area contributed by atoms with Gasteiger partial charge in [-0.2, -0.15) is 0 Å². The molecule has 5 unspecified atom stereocenters. The Morgan fingerprint density at radius 2 is 1.77 bits per heavy atom. The highest BCUT2D eigenvalue weighted by Crippen LogP contribution is 2.41. The topological polar surface area (TPSA) is 174 Å². The number of rotatable bonds is 11. The van der Waals surface area contributed by atoms with Crippen LogP contribution in [0.4, 0.5) is 0 Å². The van der Waals surface area contributed by atoms with Gasteiger partial charge in [0.1, 0.15) is 43.0 Å². The van der Waals surface area contributed by atoms with Crippen LogP contribution in [0.15, 0.2) is 0 Å². The summed E-state index contributed by atoms with van der Waals surface area (Å²) in [4.78, 5) is 10.3. The van der Waals surface area contributed by atoms with Crippen molar-refractivity contribution < 1.29 is 43.1 Å². The van der Waals surface area contributed by atoms with Gasteiger partial charge in [-0.25, -0.2) is 13.2 Å². The second kappa shape index (κ2) is 11.6. The van der Waals surface area contributed by atoms with Gasteiger partial charge in [-0.1, -0.05) is 0 Å². The van der Waals surface area contributed by atoms with Crippen LogP contribution in [0.25, 0.3) is 0 Å². The molecule has 2 aliphatic heterocycles. The zero-order valence-corrected chi connectivity index (χ0v) is 20.4. The first-order chi connectivity index (χ1) is 13.9. The minimum atomic E-state index is -4.39. The average molecular weight is 569 g/mol. The van der Waals surface area contributed by atoms with Crippen molar-refractivity contribution in [2.24, 2.45) is 5.73 Å². The molecule has 0 amide bonds. The van der Waals surface area contributed by atoms with Crippen LogP contribution in [0.3, 0.4) is 0 Å². The SMILES string of the molecule is CC(C)OC[C@H]1O[C@@H](NI)C(O)C1NP(=O)(O)OC[C@H]1O[C@@H](N)C(O)C1OC(C)C. The van der Waals surface area contributed by atoms with Gasteiger partial charge in [0, 0.05) is 22.9 Å². The van der Waals surface area contributed by atoms with Gasteiger partial charge in [0.25, 0.3) is 0 Å². The van der Waals surface area contributed by atoms with Gasteiger partial charge in [-0.15, -0.1) is 0 Å². The van der Waals surface area contributed by atoms with E-state index in [1.807, 2.05) is 36.7 Å². The van der Waals surface area contributed by atoms with E-state index < -0.39 is 56.8 Å². The molecule has 0 aliphatic carbocycles. The van der Waals surface area contributed by atoms with Crippen molar-refractivity contribution in [1.82, 2.24) is 8.62 Å². The molecule has 0 bridgehead atoms. The molecule has 14 heteroatoms. The van der Waals surface area contributed by atoms with Gasteiger partial charge in [0.2, 0.25) is 0 Å². The first kappa shape index (κ1) is 26.8. The van der Waals surface area contributed by atoms with Crippen LogP contribution in [-0.2, 0) is 28.0 Å². The third-order valence-electron chi connectivity index (χ3n) is 4.63. The fourth-order valence-electron chi connectivity index (χ4n) is 3.22. The quantitative estimate of drug-likeness (QED) is 0.106. The molecule has 0 radical (unpaired) electrons. The number of aliphatic hydroxyl groups is 2. The molecule has 0 spiro atoms. The molecule has 0 aromatic rings. The molecule has 2 aliphatic rings. The molecule has 2 saturated heterocycles. The summed E-state index contributed by atoms with van der Waals surface area (Å²) in [7, 11) is -4.39. The number of halogens is 1. The molecule has 2 rings (SSSR count). The van der Waals surface area contributed by atoms with Crippen LogP contribution in [0.5, 0.6) is 0 Å². The van der Waals surface area contributed by atoms with E-state index in [1.165, 1.54) is 0 Å². The zero-order valence-electron chi connectivity index (χ0n) is 17.4. The highest BCUT2D eigenvalue weighted by Gasteiger charge is 2.48. The third-order valence-corrected chi connectivity index (χ3v) is 6.37. The van der Waals surface area contributed by atoms with E-state index >= 15 is 0 Å². The lowest BCUT2D eigenvalue weighted by Crippen LogP contribution is -2.46. The fourth-order valence-corrected chi connectivity index (χ4v) is 4.86. The van der Waals surface area contributed by atoms with Crippen molar-refractivity contribution in [3.63, 3.8) is 0 Å². The van der Waals surface area contributed by atoms with Crippen LogP contribution in [0.2, 0.25) is 0 Å². The predicted octanol–water partition coefficient (Wildman–Crippen LogP) is -0.650. The Balaban J connectivity index is 1.99. The number of nitrogens with two attached hydrogens (primary N) is 1.